The van der Waals surface area contributed by atoms with Gasteiger partial charge in [0.2, 0.25) is 0 Å². The van der Waals surface area contributed by atoms with E-state index in [9.17, 15) is 5.11 Å². The molecule has 0 unspecified atom stereocenters. The fourth-order valence-electron chi connectivity index (χ4n) is 2.59. The van der Waals surface area contributed by atoms with Crippen molar-refractivity contribution in [1.82, 2.24) is 0 Å². The molecule has 116 valence electrons. The van der Waals surface area contributed by atoms with Gasteiger partial charge >= 0.3 is 0 Å². The van der Waals surface area contributed by atoms with Gasteiger partial charge in [0.1, 0.15) is 0 Å². The number of rotatable bonds is 4. The summed E-state index contributed by atoms with van der Waals surface area (Å²) in [7, 11) is 0. The standard InChI is InChI=1S/C21H21NO/c1-16-3-9-19(10-4-16)22(20-11-5-17(2)6-12-20)21-13-7-18(15-23)8-14-21/h3-14,23H,15H2,1-2H3. The van der Waals surface area contributed by atoms with Crippen molar-refractivity contribution in [1.29, 1.82) is 0 Å². The van der Waals surface area contributed by atoms with Gasteiger partial charge in [-0.15, -0.1) is 0 Å². The normalized spacial score (nSPS) is 10.6. The molecule has 0 aromatic heterocycles. The van der Waals surface area contributed by atoms with Crippen LogP contribution in [-0.4, -0.2) is 5.11 Å². The summed E-state index contributed by atoms with van der Waals surface area (Å²) in [5.41, 5.74) is 6.73. The van der Waals surface area contributed by atoms with Gasteiger partial charge in [-0.05, 0) is 55.8 Å². The van der Waals surface area contributed by atoms with Crippen LogP contribution in [0.2, 0.25) is 0 Å². The van der Waals surface area contributed by atoms with Gasteiger partial charge in [0.05, 0.1) is 6.61 Å². The maximum Gasteiger partial charge on any atom is 0.0681 e. The van der Waals surface area contributed by atoms with Gasteiger partial charge in [-0.25, -0.2) is 0 Å². The highest BCUT2D eigenvalue weighted by Crippen LogP contribution is 2.34. The van der Waals surface area contributed by atoms with E-state index < -0.39 is 0 Å². The quantitative estimate of drug-likeness (QED) is 0.710. The molecule has 0 spiro atoms. The summed E-state index contributed by atoms with van der Waals surface area (Å²) in [5, 5.41) is 9.25. The molecule has 1 N–H and O–H groups in total. The molecule has 0 saturated carbocycles. The van der Waals surface area contributed by atoms with Crippen LogP contribution in [-0.2, 0) is 6.61 Å². The molecule has 0 saturated heterocycles. The van der Waals surface area contributed by atoms with E-state index >= 15 is 0 Å². The Bertz CT molecular complexity index is 713. The van der Waals surface area contributed by atoms with Crippen molar-refractivity contribution in [2.24, 2.45) is 0 Å². The smallest absolute Gasteiger partial charge is 0.0681 e. The van der Waals surface area contributed by atoms with Crippen LogP contribution in [0.1, 0.15) is 16.7 Å². The predicted octanol–water partition coefficient (Wildman–Crippen LogP) is 5.27. The lowest BCUT2D eigenvalue weighted by Crippen LogP contribution is -2.10. The third-order valence-electron chi connectivity index (χ3n) is 3.96. The molecule has 0 aliphatic rings. The van der Waals surface area contributed by atoms with Crippen molar-refractivity contribution in [3.05, 3.63) is 89.5 Å². The molecule has 3 aromatic carbocycles. The Hall–Kier alpha value is -2.58. The summed E-state index contributed by atoms with van der Waals surface area (Å²) in [6, 6.07) is 25.1. The molecule has 0 fully saturated rings. The van der Waals surface area contributed by atoms with Crippen LogP contribution >= 0.6 is 0 Å². The minimum Gasteiger partial charge on any atom is -0.392 e. The average molecular weight is 303 g/mol. The van der Waals surface area contributed by atoms with Gasteiger partial charge in [-0.2, -0.15) is 0 Å². The van der Waals surface area contributed by atoms with Crippen LogP contribution < -0.4 is 4.90 Å². The zero-order valence-electron chi connectivity index (χ0n) is 13.5. The Morgan fingerprint density at radius 1 is 0.609 bits per heavy atom. The number of aliphatic hydroxyl groups is 1. The van der Waals surface area contributed by atoms with Crippen molar-refractivity contribution in [2.45, 2.75) is 20.5 Å². The first-order chi connectivity index (χ1) is 11.2. The second-order valence-corrected chi connectivity index (χ2v) is 5.83. The molecule has 2 heteroatoms. The monoisotopic (exact) mass is 303 g/mol. The van der Waals surface area contributed by atoms with Crippen molar-refractivity contribution in [3.63, 3.8) is 0 Å². The zero-order chi connectivity index (χ0) is 16.2. The second kappa shape index (κ2) is 6.67. The van der Waals surface area contributed by atoms with Crippen molar-refractivity contribution >= 4 is 17.1 Å². The van der Waals surface area contributed by atoms with Crippen LogP contribution in [0.4, 0.5) is 17.1 Å². The topological polar surface area (TPSA) is 23.5 Å². The fraction of sp³-hybridized carbons (Fsp3) is 0.143. The first kappa shape index (κ1) is 15.3. The highest BCUT2D eigenvalue weighted by Gasteiger charge is 2.11. The Labute approximate surface area is 137 Å². The van der Waals surface area contributed by atoms with Gasteiger partial charge in [0.25, 0.3) is 0 Å². The summed E-state index contributed by atoms with van der Waals surface area (Å²) in [4.78, 5) is 2.22. The van der Waals surface area contributed by atoms with E-state index in [4.69, 9.17) is 0 Å². The Morgan fingerprint density at radius 3 is 1.30 bits per heavy atom. The van der Waals surface area contributed by atoms with E-state index in [0.29, 0.717) is 0 Å². The molecular formula is C21H21NO. The largest absolute Gasteiger partial charge is 0.392 e. The van der Waals surface area contributed by atoms with Crippen LogP contribution in [0, 0.1) is 13.8 Å². The molecule has 0 aliphatic heterocycles. The Kier molecular flexibility index (Phi) is 4.45. The van der Waals surface area contributed by atoms with E-state index in [1.54, 1.807) is 0 Å². The molecule has 0 bridgehead atoms. The first-order valence-corrected chi connectivity index (χ1v) is 7.80. The number of benzene rings is 3. The third kappa shape index (κ3) is 3.43. The number of hydrogen-bond donors (Lipinski definition) is 1. The average Bonchev–Trinajstić information content (AvgIpc) is 2.59. The SMILES string of the molecule is Cc1ccc(N(c2ccc(C)cc2)c2ccc(CO)cc2)cc1. The van der Waals surface area contributed by atoms with Crippen LogP contribution in [0.3, 0.4) is 0 Å². The van der Waals surface area contributed by atoms with Crippen LogP contribution in [0.5, 0.6) is 0 Å². The van der Waals surface area contributed by atoms with E-state index in [0.717, 1.165) is 22.6 Å². The minimum atomic E-state index is 0.0648. The Balaban J connectivity index is 2.08. The lowest BCUT2D eigenvalue weighted by atomic mass is 10.1. The van der Waals surface area contributed by atoms with Gasteiger partial charge in [-0.1, -0.05) is 47.5 Å². The van der Waals surface area contributed by atoms with Gasteiger partial charge < -0.3 is 10.0 Å². The maximum absolute atomic E-state index is 9.25. The van der Waals surface area contributed by atoms with Crippen molar-refractivity contribution in [3.8, 4) is 0 Å². The number of nitrogens with zero attached hydrogens (tertiary/aromatic N) is 1. The fourth-order valence-corrected chi connectivity index (χ4v) is 2.59. The second-order valence-electron chi connectivity index (χ2n) is 5.83. The van der Waals surface area contributed by atoms with Crippen LogP contribution in [0.25, 0.3) is 0 Å². The predicted molar refractivity (Wildman–Crippen MR) is 96.5 cm³/mol. The van der Waals surface area contributed by atoms with Gasteiger partial charge in [0.15, 0.2) is 0 Å². The molecule has 2 nitrogen and oxygen atoms in total. The molecular weight excluding hydrogens is 282 g/mol. The molecule has 3 aromatic rings. The molecule has 3 rings (SSSR count). The summed E-state index contributed by atoms with van der Waals surface area (Å²) < 4.78 is 0. The lowest BCUT2D eigenvalue weighted by Gasteiger charge is -2.26. The summed E-state index contributed by atoms with van der Waals surface area (Å²) in [6.45, 7) is 4.25. The number of aryl methyl sites for hydroxylation is 2. The van der Waals surface area contributed by atoms with Crippen LogP contribution in [0.15, 0.2) is 72.8 Å². The number of anilines is 3. The maximum atomic E-state index is 9.25. The highest BCUT2D eigenvalue weighted by atomic mass is 16.3. The van der Waals surface area contributed by atoms with E-state index in [1.807, 2.05) is 24.3 Å². The number of aliphatic hydroxyl groups excluding tert-OH is 1. The number of hydrogen-bond acceptors (Lipinski definition) is 2. The molecule has 0 radical (unpaired) electrons. The molecule has 23 heavy (non-hydrogen) atoms. The first-order valence-electron chi connectivity index (χ1n) is 7.80. The third-order valence-corrected chi connectivity index (χ3v) is 3.96. The van der Waals surface area contributed by atoms with Crippen molar-refractivity contribution in [2.75, 3.05) is 4.90 Å². The molecule has 0 aliphatic carbocycles. The van der Waals surface area contributed by atoms with Gasteiger partial charge in [-0.3, -0.25) is 0 Å². The Morgan fingerprint density at radius 2 is 0.957 bits per heavy atom. The molecule has 0 heterocycles. The summed E-state index contributed by atoms with van der Waals surface area (Å²) >= 11 is 0. The van der Waals surface area contributed by atoms with Gasteiger partial charge in [0, 0.05) is 17.1 Å². The molecule has 0 amide bonds. The summed E-state index contributed by atoms with van der Waals surface area (Å²) in [5.74, 6) is 0. The summed E-state index contributed by atoms with van der Waals surface area (Å²) in [6.07, 6.45) is 0. The van der Waals surface area contributed by atoms with E-state index in [2.05, 4.69) is 67.3 Å². The minimum absolute atomic E-state index is 0.0648. The van der Waals surface area contributed by atoms with E-state index in [1.165, 1.54) is 11.1 Å². The zero-order valence-corrected chi connectivity index (χ0v) is 13.5. The van der Waals surface area contributed by atoms with Crippen molar-refractivity contribution < 1.29 is 5.11 Å². The van der Waals surface area contributed by atoms with E-state index in [-0.39, 0.29) is 6.61 Å². The highest BCUT2D eigenvalue weighted by molar-refractivity contribution is 5.76. The molecule has 0 atom stereocenters. The lowest BCUT2D eigenvalue weighted by molar-refractivity contribution is 0.282.